The van der Waals surface area contributed by atoms with Gasteiger partial charge in [-0.25, -0.2) is 0 Å². The number of hydrogen-bond acceptors (Lipinski definition) is 4. The predicted molar refractivity (Wildman–Crippen MR) is 83.3 cm³/mol. The second-order valence-corrected chi connectivity index (χ2v) is 5.72. The fourth-order valence-corrected chi connectivity index (χ4v) is 2.78. The van der Waals surface area contributed by atoms with E-state index in [0.29, 0.717) is 12.6 Å². The maximum absolute atomic E-state index is 5.35. The standard InChI is InChI=1S/C16H21NO2S/c1-12(17-10-15-5-4-8-20-15)13-6-7-16(19-3)14(9-13)11-18-2/h4-9,12,17H,10-11H2,1-3H3. The van der Waals surface area contributed by atoms with Gasteiger partial charge in [-0.05, 0) is 36.1 Å². The van der Waals surface area contributed by atoms with Gasteiger partial charge in [0.25, 0.3) is 0 Å². The van der Waals surface area contributed by atoms with Gasteiger partial charge in [0.15, 0.2) is 0 Å². The SMILES string of the molecule is COCc1cc(C(C)NCc2cccs2)ccc1OC. The fourth-order valence-electron chi connectivity index (χ4n) is 2.12. The third kappa shape index (κ3) is 3.82. The maximum atomic E-state index is 5.35. The third-order valence-electron chi connectivity index (χ3n) is 3.27. The van der Waals surface area contributed by atoms with Gasteiger partial charge in [-0.15, -0.1) is 11.3 Å². The van der Waals surface area contributed by atoms with Crippen LogP contribution in [0.25, 0.3) is 0 Å². The Morgan fingerprint density at radius 1 is 1.25 bits per heavy atom. The molecule has 1 aromatic carbocycles. The lowest BCUT2D eigenvalue weighted by Gasteiger charge is -2.16. The lowest BCUT2D eigenvalue weighted by Crippen LogP contribution is -2.17. The van der Waals surface area contributed by atoms with E-state index in [1.165, 1.54) is 10.4 Å². The van der Waals surface area contributed by atoms with Crippen LogP contribution >= 0.6 is 11.3 Å². The van der Waals surface area contributed by atoms with Crippen molar-refractivity contribution < 1.29 is 9.47 Å². The molecule has 2 rings (SSSR count). The minimum absolute atomic E-state index is 0.290. The van der Waals surface area contributed by atoms with E-state index in [4.69, 9.17) is 9.47 Å². The zero-order chi connectivity index (χ0) is 14.4. The average Bonchev–Trinajstić information content (AvgIpc) is 2.98. The van der Waals surface area contributed by atoms with Gasteiger partial charge in [0.2, 0.25) is 0 Å². The van der Waals surface area contributed by atoms with Crippen molar-refractivity contribution in [3.05, 3.63) is 51.7 Å². The molecule has 0 saturated carbocycles. The van der Waals surface area contributed by atoms with Crippen molar-refractivity contribution in [2.75, 3.05) is 14.2 Å². The fraction of sp³-hybridized carbons (Fsp3) is 0.375. The molecule has 0 spiro atoms. The summed E-state index contributed by atoms with van der Waals surface area (Å²) in [5, 5.41) is 5.64. The van der Waals surface area contributed by atoms with Gasteiger partial charge >= 0.3 is 0 Å². The number of benzene rings is 1. The van der Waals surface area contributed by atoms with Crippen molar-refractivity contribution in [1.82, 2.24) is 5.32 Å². The number of methoxy groups -OCH3 is 2. The molecule has 0 bridgehead atoms. The van der Waals surface area contributed by atoms with Crippen LogP contribution in [-0.2, 0) is 17.9 Å². The number of rotatable bonds is 7. The van der Waals surface area contributed by atoms with E-state index in [0.717, 1.165) is 17.9 Å². The topological polar surface area (TPSA) is 30.5 Å². The molecular weight excluding hydrogens is 270 g/mol. The van der Waals surface area contributed by atoms with Crippen LogP contribution in [0.15, 0.2) is 35.7 Å². The Kier molecular flexibility index (Phi) is 5.59. The first-order chi connectivity index (χ1) is 9.74. The van der Waals surface area contributed by atoms with Crippen LogP contribution in [0.1, 0.15) is 29.0 Å². The molecule has 4 heteroatoms. The lowest BCUT2D eigenvalue weighted by molar-refractivity contribution is 0.181. The summed E-state index contributed by atoms with van der Waals surface area (Å²) in [6.45, 7) is 3.63. The van der Waals surface area contributed by atoms with Crippen molar-refractivity contribution >= 4 is 11.3 Å². The first-order valence-corrected chi connectivity index (χ1v) is 7.54. The van der Waals surface area contributed by atoms with Crippen LogP contribution in [0.2, 0.25) is 0 Å². The summed E-state index contributed by atoms with van der Waals surface area (Å²) in [5.41, 5.74) is 2.33. The van der Waals surface area contributed by atoms with E-state index in [2.05, 4.69) is 41.9 Å². The summed E-state index contributed by atoms with van der Waals surface area (Å²) in [6, 6.07) is 10.8. The zero-order valence-electron chi connectivity index (χ0n) is 12.2. The molecule has 0 amide bonds. The number of ether oxygens (including phenoxy) is 2. The molecule has 0 aliphatic rings. The summed E-state index contributed by atoms with van der Waals surface area (Å²) >= 11 is 1.77. The second kappa shape index (κ2) is 7.43. The van der Waals surface area contributed by atoms with Crippen LogP contribution < -0.4 is 10.1 Å². The molecule has 1 heterocycles. The molecule has 0 radical (unpaired) electrons. The molecule has 0 aliphatic heterocycles. The summed E-state index contributed by atoms with van der Waals surface area (Å²) in [4.78, 5) is 1.35. The first-order valence-electron chi connectivity index (χ1n) is 6.66. The highest BCUT2D eigenvalue weighted by Crippen LogP contribution is 2.24. The molecule has 1 N–H and O–H groups in total. The molecule has 1 aromatic heterocycles. The predicted octanol–water partition coefficient (Wildman–Crippen LogP) is 3.75. The normalized spacial score (nSPS) is 12.3. The first kappa shape index (κ1) is 15.0. The molecule has 0 saturated heterocycles. The summed E-state index contributed by atoms with van der Waals surface area (Å²) in [6.07, 6.45) is 0. The Labute approximate surface area is 124 Å². The van der Waals surface area contributed by atoms with E-state index < -0.39 is 0 Å². The molecule has 2 aromatic rings. The molecule has 20 heavy (non-hydrogen) atoms. The molecule has 108 valence electrons. The van der Waals surface area contributed by atoms with Crippen molar-refractivity contribution in [2.24, 2.45) is 0 Å². The molecule has 1 unspecified atom stereocenters. The lowest BCUT2D eigenvalue weighted by atomic mass is 10.0. The smallest absolute Gasteiger partial charge is 0.124 e. The quantitative estimate of drug-likeness (QED) is 0.842. The van der Waals surface area contributed by atoms with Crippen LogP contribution in [0.4, 0.5) is 0 Å². The van der Waals surface area contributed by atoms with E-state index in [1.807, 2.05) is 6.07 Å². The second-order valence-electron chi connectivity index (χ2n) is 4.69. The minimum atomic E-state index is 0.290. The number of nitrogens with one attached hydrogen (secondary N) is 1. The van der Waals surface area contributed by atoms with Gasteiger partial charge in [0.1, 0.15) is 5.75 Å². The highest BCUT2D eigenvalue weighted by Gasteiger charge is 2.09. The van der Waals surface area contributed by atoms with Crippen molar-refractivity contribution in [3.63, 3.8) is 0 Å². The Bertz CT molecular complexity index is 525. The number of hydrogen-bond donors (Lipinski definition) is 1. The van der Waals surface area contributed by atoms with E-state index in [1.54, 1.807) is 25.6 Å². The van der Waals surface area contributed by atoms with Crippen LogP contribution in [0, 0.1) is 0 Å². The highest BCUT2D eigenvalue weighted by molar-refractivity contribution is 7.09. The Morgan fingerprint density at radius 2 is 2.10 bits per heavy atom. The van der Waals surface area contributed by atoms with Crippen LogP contribution in [-0.4, -0.2) is 14.2 Å². The van der Waals surface area contributed by atoms with Crippen LogP contribution in [0.3, 0.4) is 0 Å². The number of thiophene rings is 1. The summed E-state index contributed by atoms with van der Waals surface area (Å²) in [5.74, 6) is 0.876. The molecule has 3 nitrogen and oxygen atoms in total. The monoisotopic (exact) mass is 291 g/mol. The minimum Gasteiger partial charge on any atom is -0.496 e. The Balaban J connectivity index is 2.05. The van der Waals surface area contributed by atoms with Gasteiger partial charge in [0, 0.05) is 30.1 Å². The molecule has 0 fully saturated rings. The third-order valence-corrected chi connectivity index (χ3v) is 4.14. The van der Waals surface area contributed by atoms with Crippen LogP contribution in [0.5, 0.6) is 5.75 Å². The van der Waals surface area contributed by atoms with E-state index >= 15 is 0 Å². The van der Waals surface area contributed by atoms with Gasteiger partial charge in [-0.3, -0.25) is 0 Å². The summed E-state index contributed by atoms with van der Waals surface area (Å²) in [7, 11) is 3.39. The molecule has 0 aliphatic carbocycles. The molecule has 1 atom stereocenters. The van der Waals surface area contributed by atoms with Gasteiger partial charge in [0.05, 0.1) is 13.7 Å². The van der Waals surface area contributed by atoms with Gasteiger partial charge in [-0.1, -0.05) is 12.1 Å². The van der Waals surface area contributed by atoms with E-state index in [9.17, 15) is 0 Å². The summed E-state index contributed by atoms with van der Waals surface area (Å²) < 4.78 is 10.6. The van der Waals surface area contributed by atoms with E-state index in [-0.39, 0.29) is 0 Å². The van der Waals surface area contributed by atoms with Crippen molar-refractivity contribution in [3.8, 4) is 5.75 Å². The highest BCUT2D eigenvalue weighted by atomic mass is 32.1. The largest absolute Gasteiger partial charge is 0.496 e. The Morgan fingerprint density at radius 3 is 2.75 bits per heavy atom. The molecular formula is C16H21NO2S. The van der Waals surface area contributed by atoms with Crippen molar-refractivity contribution in [2.45, 2.75) is 26.1 Å². The van der Waals surface area contributed by atoms with Gasteiger partial charge < -0.3 is 14.8 Å². The zero-order valence-corrected chi connectivity index (χ0v) is 13.0. The van der Waals surface area contributed by atoms with Crippen molar-refractivity contribution in [1.29, 1.82) is 0 Å². The van der Waals surface area contributed by atoms with Gasteiger partial charge in [-0.2, -0.15) is 0 Å². The average molecular weight is 291 g/mol. The maximum Gasteiger partial charge on any atom is 0.124 e. The Hall–Kier alpha value is -1.36.